The van der Waals surface area contributed by atoms with E-state index in [1.54, 1.807) is 0 Å². The molecule has 0 aliphatic carbocycles. The summed E-state index contributed by atoms with van der Waals surface area (Å²) in [7, 11) is 0. The average Bonchev–Trinajstić information content (AvgIpc) is 2.96. The number of aryl methyl sites for hydroxylation is 2. The van der Waals surface area contributed by atoms with Crippen molar-refractivity contribution < 1.29 is 9.32 Å². The van der Waals surface area contributed by atoms with Crippen LogP contribution in [-0.2, 0) is 6.54 Å². The zero-order valence-electron chi connectivity index (χ0n) is 18.3. The van der Waals surface area contributed by atoms with Crippen LogP contribution in [0.25, 0.3) is 0 Å². The fourth-order valence-electron chi connectivity index (χ4n) is 5.04. The van der Waals surface area contributed by atoms with E-state index in [1.807, 2.05) is 44.2 Å². The van der Waals surface area contributed by atoms with Crippen molar-refractivity contribution in [3.63, 3.8) is 0 Å². The summed E-state index contributed by atoms with van der Waals surface area (Å²) in [6.07, 6.45) is 6.95. The molecule has 0 bridgehead atoms. The predicted octanol–water partition coefficient (Wildman–Crippen LogP) is 4.98. The maximum Gasteiger partial charge on any atom is 0.322 e. The van der Waals surface area contributed by atoms with E-state index >= 15 is 0 Å². The number of rotatable bonds is 4. The van der Waals surface area contributed by atoms with Gasteiger partial charge in [-0.1, -0.05) is 36.2 Å². The molecule has 0 spiro atoms. The summed E-state index contributed by atoms with van der Waals surface area (Å²) < 4.78 is 5.33. The highest BCUT2D eigenvalue weighted by Crippen LogP contribution is 2.31. The van der Waals surface area contributed by atoms with Gasteiger partial charge in [0, 0.05) is 30.4 Å². The lowest BCUT2D eigenvalue weighted by molar-refractivity contribution is 0.103. The number of likely N-dealkylation sites (tertiary alicyclic amines) is 2. The van der Waals surface area contributed by atoms with Gasteiger partial charge in [0.15, 0.2) is 0 Å². The van der Waals surface area contributed by atoms with Gasteiger partial charge in [-0.3, -0.25) is 4.90 Å². The fourth-order valence-corrected chi connectivity index (χ4v) is 5.04. The van der Waals surface area contributed by atoms with Crippen LogP contribution in [0.15, 0.2) is 34.9 Å². The van der Waals surface area contributed by atoms with Gasteiger partial charge in [0.1, 0.15) is 5.76 Å². The van der Waals surface area contributed by atoms with Gasteiger partial charge in [0.25, 0.3) is 0 Å². The summed E-state index contributed by atoms with van der Waals surface area (Å²) in [5, 5.41) is 7.21. The number of amides is 2. The lowest BCUT2D eigenvalue weighted by atomic mass is 9.86. The van der Waals surface area contributed by atoms with Gasteiger partial charge < -0.3 is 14.7 Å². The van der Waals surface area contributed by atoms with E-state index in [-0.39, 0.29) is 6.03 Å². The molecular formula is C24H34N4O2. The first-order valence-corrected chi connectivity index (χ1v) is 11.4. The molecule has 2 amide bonds. The molecule has 4 rings (SSSR count). The molecule has 3 heterocycles. The van der Waals surface area contributed by atoms with Crippen LogP contribution in [0.1, 0.15) is 55.5 Å². The number of aromatic nitrogens is 1. The van der Waals surface area contributed by atoms with Crippen molar-refractivity contribution in [3.05, 3.63) is 47.3 Å². The van der Waals surface area contributed by atoms with Gasteiger partial charge >= 0.3 is 6.03 Å². The summed E-state index contributed by atoms with van der Waals surface area (Å²) in [6, 6.07) is 10.2. The zero-order chi connectivity index (χ0) is 20.9. The smallest absolute Gasteiger partial charge is 0.322 e. The zero-order valence-corrected chi connectivity index (χ0v) is 18.3. The molecule has 2 saturated heterocycles. The number of benzene rings is 1. The molecule has 2 aromatic rings. The summed E-state index contributed by atoms with van der Waals surface area (Å²) in [5.74, 6) is 1.51. The standard InChI is InChI=1S/C24H34N4O2/c1-18-22(19(2)30-26-18)17-27-15-12-20(13-16-27)23-11-7-4-8-14-28(23)24(29)25-21-9-5-3-6-10-21/h3,5-6,9-10,20,23H,4,7-8,11-17H2,1-2H3,(H,25,29)/t23-/m1/s1. The van der Waals surface area contributed by atoms with Crippen molar-refractivity contribution in [2.75, 3.05) is 25.0 Å². The Balaban J connectivity index is 1.38. The molecule has 30 heavy (non-hydrogen) atoms. The molecule has 162 valence electrons. The van der Waals surface area contributed by atoms with E-state index in [0.717, 1.165) is 69.0 Å². The van der Waals surface area contributed by atoms with Crippen molar-refractivity contribution in [2.45, 2.75) is 65.0 Å². The number of anilines is 1. The Morgan fingerprint density at radius 3 is 2.53 bits per heavy atom. The molecule has 1 N–H and O–H groups in total. The number of urea groups is 1. The van der Waals surface area contributed by atoms with Crippen LogP contribution in [0, 0.1) is 19.8 Å². The molecule has 0 unspecified atom stereocenters. The quantitative estimate of drug-likeness (QED) is 0.772. The van der Waals surface area contributed by atoms with Gasteiger partial charge in [-0.2, -0.15) is 0 Å². The third-order valence-corrected chi connectivity index (χ3v) is 6.82. The lowest BCUT2D eigenvalue weighted by Crippen LogP contribution is -2.49. The molecule has 6 heteroatoms. The topological polar surface area (TPSA) is 61.6 Å². The monoisotopic (exact) mass is 410 g/mol. The van der Waals surface area contributed by atoms with Crippen molar-refractivity contribution in [2.24, 2.45) is 5.92 Å². The molecule has 6 nitrogen and oxygen atoms in total. The number of para-hydroxylation sites is 1. The van der Waals surface area contributed by atoms with Crippen LogP contribution in [0.2, 0.25) is 0 Å². The number of piperidine rings is 1. The second-order valence-corrected chi connectivity index (χ2v) is 8.82. The first-order chi connectivity index (χ1) is 14.6. The van der Waals surface area contributed by atoms with Crippen LogP contribution in [-0.4, -0.2) is 46.7 Å². The Kier molecular flexibility index (Phi) is 6.72. The Morgan fingerprint density at radius 2 is 1.83 bits per heavy atom. The van der Waals surface area contributed by atoms with Gasteiger partial charge in [-0.25, -0.2) is 4.79 Å². The molecule has 2 aliphatic rings. The highest BCUT2D eigenvalue weighted by molar-refractivity contribution is 5.89. The van der Waals surface area contributed by atoms with Crippen molar-refractivity contribution >= 4 is 11.7 Å². The van der Waals surface area contributed by atoms with Crippen LogP contribution in [0.4, 0.5) is 10.5 Å². The van der Waals surface area contributed by atoms with Crippen LogP contribution in [0.5, 0.6) is 0 Å². The van der Waals surface area contributed by atoms with Gasteiger partial charge in [-0.15, -0.1) is 0 Å². The largest absolute Gasteiger partial charge is 0.361 e. The molecule has 0 radical (unpaired) electrons. The van der Waals surface area contributed by atoms with Crippen LogP contribution in [0.3, 0.4) is 0 Å². The summed E-state index contributed by atoms with van der Waals surface area (Å²) in [4.78, 5) is 17.8. The maximum atomic E-state index is 13.1. The molecule has 1 aromatic carbocycles. The van der Waals surface area contributed by atoms with Crippen molar-refractivity contribution in [3.8, 4) is 0 Å². The molecule has 2 fully saturated rings. The Labute approximate surface area is 179 Å². The number of nitrogens with zero attached hydrogens (tertiary/aromatic N) is 3. The van der Waals surface area contributed by atoms with Crippen molar-refractivity contribution in [1.82, 2.24) is 15.0 Å². The number of carbonyl (C=O) groups excluding carboxylic acids is 1. The third kappa shape index (κ3) is 4.86. The maximum absolute atomic E-state index is 13.1. The predicted molar refractivity (Wildman–Crippen MR) is 118 cm³/mol. The SMILES string of the molecule is Cc1noc(C)c1CN1CCC([C@H]2CCCCCN2C(=O)Nc2ccccc2)CC1. The minimum atomic E-state index is 0.0613. The van der Waals surface area contributed by atoms with Gasteiger partial charge in [0.2, 0.25) is 0 Å². The fraction of sp³-hybridized carbons (Fsp3) is 0.583. The normalized spacial score (nSPS) is 21.4. The van der Waals surface area contributed by atoms with Crippen LogP contribution >= 0.6 is 0 Å². The van der Waals surface area contributed by atoms with Crippen molar-refractivity contribution in [1.29, 1.82) is 0 Å². The molecule has 1 atom stereocenters. The molecule has 1 aromatic heterocycles. The third-order valence-electron chi connectivity index (χ3n) is 6.82. The van der Waals surface area contributed by atoms with E-state index in [9.17, 15) is 4.79 Å². The van der Waals surface area contributed by atoms with Gasteiger partial charge in [-0.05, 0) is 70.7 Å². The molecule has 0 saturated carbocycles. The van der Waals surface area contributed by atoms with Crippen LogP contribution < -0.4 is 5.32 Å². The van der Waals surface area contributed by atoms with E-state index in [2.05, 4.69) is 20.3 Å². The van der Waals surface area contributed by atoms with E-state index in [1.165, 1.54) is 18.4 Å². The summed E-state index contributed by atoms with van der Waals surface area (Å²) in [5.41, 5.74) is 3.11. The Hall–Kier alpha value is -2.34. The second-order valence-electron chi connectivity index (χ2n) is 8.82. The summed E-state index contributed by atoms with van der Waals surface area (Å²) in [6.45, 7) is 7.93. The number of hydrogen-bond acceptors (Lipinski definition) is 4. The first-order valence-electron chi connectivity index (χ1n) is 11.4. The number of nitrogens with one attached hydrogen (secondary N) is 1. The Morgan fingerprint density at radius 1 is 1.07 bits per heavy atom. The number of hydrogen-bond donors (Lipinski definition) is 1. The first kappa shape index (κ1) is 20.9. The highest BCUT2D eigenvalue weighted by Gasteiger charge is 2.34. The Bertz CT molecular complexity index is 807. The van der Waals surface area contributed by atoms with E-state index < -0.39 is 0 Å². The molecular weight excluding hydrogens is 376 g/mol. The average molecular weight is 411 g/mol. The number of carbonyl (C=O) groups is 1. The van der Waals surface area contributed by atoms with E-state index in [4.69, 9.17) is 4.52 Å². The summed E-state index contributed by atoms with van der Waals surface area (Å²) >= 11 is 0. The lowest BCUT2D eigenvalue weighted by Gasteiger charge is -2.40. The molecule has 2 aliphatic heterocycles. The highest BCUT2D eigenvalue weighted by atomic mass is 16.5. The minimum absolute atomic E-state index is 0.0613. The minimum Gasteiger partial charge on any atom is -0.361 e. The second kappa shape index (κ2) is 9.65. The van der Waals surface area contributed by atoms with E-state index in [0.29, 0.717) is 12.0 Å². The van der Waals surface area contributed by atoms with Gasteiger partial charge in [0.05, 0.1) is 5.69 Å².